The summed E-state index contributed by atoms with van der Waals surface area (Å²) < 4.78 is 4.99. The number of nitrogens with one attached hydrogen (secondary N) is 2. The molecule has 3 rings (SSSR count). The molecule has 1 unspecified atom stereocenters. The number of halogens is 1. The molecule has 5 heteroatoms. The molecular formula is C20H21ClN2O2. The van der Waals surface area contributed by atoms with Gasteiger partial charge >= 0.3 is 0 Å². The van der Waals surface area contributed by atoms with Gasteiger partial charge in [-0.1, -0.05) is 48.0 Å². The minimum absolute atomic E-state index is 0.0211. The van der Waals surface area contributed by atoms with Crippen molar-refractivity contribution in [2.45, 2.75) is 12.3 Å². The van der Waals surface area contributed by atoms with Crippen molar-refractivity contribution in [3.8, 4) is 0 Å². The predicted molar refractivity (Wildman–Crippen MR) is 101 cm³/mol. The number of carbonyl (C=O) groups is 1. The summed E-state index contributed by atoms with van der Waals surface area (Å²) in [4.78, 5) is 15.7. The topological polar surface area (TPSA) is 54.1 Å². The van der Waals surface area contributed by atoms with Gasteiger partial charge in [-0.15, -0.1) is 0 Å². The van der Waals surface area contributed by atoms with Gasteiger partial charge in [0.25, 0.3) is 0 Å². The van der Waals surface area contributed by atoms with Gasteiger partial charge in [-0.25, -0.2) is 0 Å². The first-order valence-electron chi connectivity index (χ1n) is 8.26. The monoisotopic (exact) mass is 356 g/mol. The Morgan fingerprint density at radius 3 is 2.72 bits per heavy atom. The lowest BCUT2D eigenvalue weighted by atomic mass is 9.88. The van der Waals surface area contributed by atoms with Gasteiger partial charge in [0.2, 0.25) is 5.91 Å². The number of rotatable bonds is 7. The van der Waals surface area contributed by atoms with Crippen LogP contribution in [0, 0.1) is 0 Å². The highest BCUT2D eigenvalue weighted by atomic mass is 35.5. The molecule has 0 fully saturated rings. The number of hydrogen-bond acceptors (Lipinski definition) is 2. The van der Waals surface area contributed by atoms with Crippen LogP contribution in [0.3, 0.4) is 0 Å². The first kappa shape index (κ1) is 17.5. The molecule has 25 heavy (non-hydrogen) atoms. The summed E-state index contributed by atoms with van der Waals surface area (Å²) in [5.41, 5.74) is 3.08. The zero-order valence-corrected chi connectivity index (χ0v) is 14.8. The summed E-state index contributed by atoms with van der Waals surface area (Å²) in [6.45, 7) is 0.994. The molecule has 0 radical (unpaired) electrons. The molecule has 130 valence electrons. The van der Waals surface area contributed by atoms with Crippen LogP contribution in [0.4, 0.5) is 0 Å². The van der Waals surface area contributed by atoms with Crippen molar-refractivity contribution in [1.29, 1.82) is 0 Å². The summed E-state index contributed by atoms with van der Waals surface area (Å²) in [6.07, 6.45) is 2.30. The largest absolute Gasteiger partial charge is 0.383 e. The molecule has 0 saturated heterocycles. The van der Waals surface area contributed by atoms with E-state index in [9.17, 15) is 4.79 Å². The van der Waals surface area contributed by atoms with Gasteiger partial charge in [-0.2, -0.15) is 0 Å². The number of H-pyrrole nitrogens is 1. The molecule has 0 spiro atoms. The van der Waals surface area contributed by atoms with E-state index in [1.165, 1.54) is 0 Å². The summed E-state index contributed by atoms with van der Waals surface area (Å²) in [7, 11) is 1.62. The van der Waals surface area contributed by atoms with E-state index in [4.69, 9.17) is 16.3 Å². The minimum Gasteiger partial charge on any atom is -0.383 e. The lowest BCUT2D eigenvalue weighted by Gasteiger charge is -2.18. The molecule has 2 aromatic carbocycles. The summed E-state index contributed by atoms with van der Waals surface area (Å²) >= 11 is 6.44. The molecule has 1 amide bonds. The van der Waals surface area contributed by atoms with E-state index in [1.54, 1.807) is 7.11 Å². The van der Waals surface area contributed by atoms with Crippen LogP contribution in [0.1, 0.15) is 23.5 Å². The second kappa shape index (κ2) is 8.19. The highest BCUT2D eigenvalue weighted by Gasteiger charge is 2.23. The maximum absolute atomic E-state index is 12.4. The third-order valence-corrected chi connectivity index (χ3v) is 4.64. The van der Waals surface area contributed by atoms with E-state index in [2.05, 4.69) is 16.4 Å². The highest BCUT2D eigenvalue weighted by molar-refractivity contribution is 6.31. The molecular weight excluding hydrogens is 336 g/mol. The number of aromatic amines is 1. The molecule has 0 aliphatic carbocycles. The zero-order valence-electron chi connectivity index (χ0n) is 14.1. The Bertz CT molecular complexity index is 860. The van der Waals surface area contributed by atoms with Crippen molar-refractivity contribution in [2.24, 2.45) is 0 Å². The smallest absolute Gasteiger partial charge is 0.221 e. The number of fused-ring (bicyclic) bond motifs is 1. The summed E-state index contributed by atoms with van der Waals surface area (Å²) in [5.74, 6) is -0.139. The molecule has 0 aliphatic heterocycles. The van der Waals surface area contributed by atoms with Crippen molar-refractivity contribution in [3.05, 3.63) is 70.9 Å². The van der Waals surface area contributed by atoms with Crippen molar-refractivity contribution >= 4 is 28.4 Å². The number of ether oxygens (including phenoxy) is 1. The fourth-order valence-corrected chi connectivity index (χ4v) is 3.34. The molecule has 1 aromatic heterocycles. The van der Waals surface area contributed by atoms with Crippen molar-refractivity contribution in [2.75, 3.05) is 20.3 Å². The van der Waals surface area contributed by atoms with E-state index in [-0.39, 0.29) is 11.8 Å². The zero-order chi connectivity index (χ0) is 17.6. The Hall–Kier alpha value is -2.30. The second-order valence-corrected chi connectivity index (χ2v) is 6.32. The van der Waals surface area contributed by atoms with Gasteiger partial charge in [0.05, 0.1) is 6.61 Å². The standard InChI is InChI=1S/C20H21ClN2O2/c1-25-11-10-22-20(24)12-16(14-6-2-4-8-18(14)21)17-13-23-19-9-5-3-7-15(17)19/h2-9,13,16,23H,10-12H2,1H3,(H,22,24). The summed E-state index contributed by atoms with van der Waals surface area (Å²) in [5, 5.41) is 4.67. The van der Waals surface area contributed by atoms with Gasteiger partial charge < -0.3 is 15.0 Å². The number of aromatic nitrogens is 1. The Kier molecular flexibility index (Phi) is 5.74. The quantitative estimate of drug-likeness (QED) is 0.626. The number of benzene rings is 2. The normalized spacial score (nSPS) is 12.2. The van der Waals surface area contributed by atoms with E-state index in [0.717, 1.165) is 22.0 Å². The molecule has 1 atom stereocenters. The maximum Gasteiger partial charge on any atom is 0.221 e. The molecule has 1 heterocycles. The van der Waals surface area contributed by atoms with Crippen molar-refractivity contribution < 1.29 is 9.53 Å². The predicted octanol–water partition coefficient (Wildman–Crippen LogP) is 4.11. The lowest BCUT2D eigenvalue weighted by Crippen LogP contribution is -2.28. The number of methoxy groups -OCH3 is 1. The summed E-state index contributed by atoms with van der Waals surface area (Å²) in [6, 6.07) is 15.8. The fourth-order valence-electron chi connectivity index (χ4n) is 3.08. The Balaban J connectivity index is 1.95. The molecule has 0 saturated carbocycles. The van der Waals surface area contributed by atoms with Crippen LogP contribution in [0.5, 0.6) is 0 Å². The molecule has 4 nitrogen and oxygen atoms in total. The molecule has 0 bridgehead atoms. The van der Waals surface area contributed by atoms with Crippen molar-refractivity contribution in [1.82, 2.24) is 10.3 Å². The van der Waals surface area contributed by atoms with Gasteiger partial charge in [0.1, 0.15) is 0 Å². The maximum atomic E-state index is 12.4. The van der Waals surface area contributed by atoms with Crippen LogP contribution in [-0.2, 0) is 9.53 Å². The van der Waals surface area contributed by atoms with Gasteiger partial charge in [-0.05, 0) is 23.3 Å². The SMILES string of the molecule is COCCNC(=O)CC(c1ccccc1Cl)c1c[nH]c2ccccc12. The lowest BCUT2D eigenvalue weighted by molar-refractivity contribution is -0.121. The van der Waals surface area contributed by atoms with Gasteiger partial charge in [0.15, 0.2) is 0 Å². The minimum atomic E-state index is -0.118. The Morgan fingerprint density at radius 2 is 1.92 bits per heavy atom. The van der Waals surface area contributed by atoms with Crippen LogP contribution >= 0.6 is 11.6 Å². The first-order valence-corrected chi connectivity index (χ1v) is 8.64. The highest BCUT2D eigenvalue weighted by Crippen LogP contribution is 2.36. The number of amides is 1. The van der Waals surface area contributed by atoms with E-state index >= 15 is 0 Å². The van der Waals surface area contributed by atoms with Crippen LogP contribution in [0.15, 0.2) is 54.7 Å². The number of para-hydroxylation sites is 1. The number of hydrogen-bond donors (Lipinski definition) is 2. The van der Waals surface area contributed by atoms with E-state index in [0.29, 0.717) is 24.6 Å². The fraction of sp³-hybridized carbons (Fsp3) is 0.250. The molecule has 3 aromatic rings. The van der Waals surface area contributed by atoms with Crippen molar-refractivity contribution in [3.63, 3.8) is 0 Å². The average molecular weight is 357 g/mol. The van der Waals surface area contributed by atoms with Crippen LogP contribution in [0.25, 0.3) is 10.9 Å². The Labute approximate surface area is 152 Å². The Morgan fingerprint density at radius 1 is 1.16 bits per heavy atom. The van der Waals surface area contributed by atoms with Gasteiger partial charge in [-0.3, -0.25) is 4.79 Å². The third kappa shape index (κ3) is 4.03. The van der Waals surface area contributed by atoms with Crippen LogP contribution in [-0.4, -0.2) is 31.2 Å². The average Bonchev–Trinajstić information content (AvgIpc) is 3.05. The number of carbonyl (C=O) groups excluding carboxylic acids is 1. The second-order valence-electron chi connectivity index (χ2n) is 5.91. The van der Waals surface area contributed by atoms with E-state index < -0.39 is 0 Å². The van der Waals surface area contributed by atoms with E-state index in [1.807, 2.05) is 48.7 Å². The van der Waals surface area contributed by atoms with Gasteiger partial charge in [0, 0.05) is 48.1 Å². The molecule has 0 aliphatic rings. The van der Waals surface area contributed by atoms with Crippen LogP contribution in [0.2, 0.25) is 5.02 Å². The first-order chi connectivity index (χ1) is 12.2. The molecule has 2 N–H and O–H groups in total. The third-order valence-electron chi connectivity index (χ3n) is 4.30. The van der Waals surface area contributed by atoms with Crippen LogP contribution < -0.4 is 5.32 Å².